The molecule has 2 unspecified atom stereocenters. The Balaban J connectivity index is 1.83. The molecule has 0 saturated carbocycles. The average molecular weight is 387 g/mol. The van der Waals surface area contributed by atoms with Crippen molar-refractivity contribution in [1.29, 1.82) is 0 Å². The van der Waals surface area contributed by atoms with Crippen LogP contribution in [0.25, 0.3) is 10.9 Å². The number of hydrogen-bond acceptors (Lipinski definition) is 4. The van der Waals surface area contributed by atoms with E-state index in [1.54, 1.807) is 0 Å². The Kier molecular flexibility index (Phi) is 4.94. The molecule has 1 saturated heterocycles. The molecular formula is C20H19ClN2O2S. The first-order valence-electron chi connectivity index (χ1n) is 8.73. The van der Waals surface area contributed by atoms with Crippen molar-refractivity contribution in [2.45, 2.75) is 31.3 Å². The summed E-state index contributed by atoms with van der Waals surface area (Å²) < 4.78 is 0.703. The van der Waals surface area contributed by atoms with Gasteiger partial charge in [0.2, 0.25) is 0 Å². The summed E-state index contributed by atoms with van der Waals surface area (Å²) >= 11 is 7.68. The van der Waals surface area contributed by atoms with Crippen molar-refractivity contribution in [3.05, 3.63) is 63.4 Å². The maximum absolute atomic E-state index is 11.9. The predicted molar refractivity (Wildman–Crippen MR) is 105 cm³/mol. The average Bonchev–Trinajstić information content (AvgIpc) is 3.08. The summed E-state index contributed by atoms with van der Waals surface area (Å²) in [4.78, 5) is 19.8. The summed E-state index contributed by atoms with van der Waals surface area (Å²) in [6, 6.07) is 15.2. The van der Waals surface area contributed by atoms with Crippen LogP contribution in [0.1, 0.15) is 35.9 Å². The van der Waals surface area contributed by atoms with Crippen LogP contribution < -0.4 is 0 Å². The lowest BCUT2D eigenvalue weighted by Gasteiger charge is -2.38. The maximum atomic E-state index is 11.9. The standard InChI is InChI=1S/C20H19ClN2O2S/c21-18-11-10-17(26-18)19(23-12-4-3-7-16(23)20(24)25)15-9-8-13-5-1-2-6-14(13)22-15/h1-2,5-6,8-11,16,19H,3-4,7,12H2,(H,24,25). The van der Waals surface area contributed by atoms with E-state index in [4.69, 9.17) is 16.6 Å². The number of carboxylic acid groups (broad SMARTS) is 1. The first kappa shape index (κ1) is 17.5. The predicted octanol–water partition coefficient (Wildman–Crippen LogP) is 4.98. The number of piperidine rings is 1. The van der Waals surface area contributed by atoms with Crippen molar-refractivity contribution in [1.82, 2.24) is 9.88 Å². The number of carbonyl (C=O) groups is 1. The molecule has 1 N–H and O–H groups in total. The summed E-state index contributed by atoms with van der Waals surface area (Å²) in [6.45, 7) is 0.742. The van der Waals surface area contributed by atoms with E-state index >= 15 is 0 Å². The maximum Gasteiger partial charge on any atom is 0.320 e. The molecule has 134 valence electrons. The Bertz CT molecular complexity index is 942. The van der Waals surface area contributed by atoms with Crippen molar-refractivity contribution in [3.63, 3.8) is 0 Å². The number of nitrogens with zero attached hydrogens (tertiary/aromatic N) is 2. The van der Waals surface area contributed by atoms with E-state index in [-0.39, 0.29) is 6.04 Å². The lowest BCUT2D eigenvalue weighted by atomic mass is 9.97. The first-order chi connectivity index (χ1) is 12.6. The zero-order valence-electron chi connectivity index (χ0n) is 14.1. The summed E-state index contributed by atoms with van der Waals surface area (Å²) in [5, 5.41) is 10.8. The number of para-hydroxylation sites is 1. The van der Waals surface area contributed by atoms with Crippen molar-refractivity contribution >= 4 is 39.8 Å². The fourth-order valence-electron chi connectivity index (χ4n) is 3.72. The second kappa shape index (κ2) is 7.35. The fraction of sp³-hybridized carbons (Fsp3) is 0.300. The molecule has 4 rings (SSSR count). The highest BCUT2D eigenvalue weighted by molar-refractivity contribution is 7.16. The van der Waals surface area contributed by atoms with Crippen LogP contribution in [-0.2, 0) is 4.79 Å². The van der Waals surface area contributed by atoms with E-state index in [2.05, 4.69) is 11.0 Å². The van der Waals surface area contributed by atoms with Gasteiger partial charge in [-0.25, -0.2) is 0 Å². The van der Waals surface area contributed by atoms with Gasteiger partial charge in [-0.15, -0.1) is 11.3 Å². The Hall–Kier alpha value is -1.95. The number of rotatable bonds is 4. The molecule has 0 bridgehead atoms. The quantitative estimate of drug-likeness (QED) is 0.687. The summed E-state index contributed by atoms with van der Waals surface area (Å²) in [5.74, 6) is -0.766. The number of hydrogen-bond donors (Lipinski definition) is 1. The van der Waals surface area contributed by atoms with Crippen molar-refractivity contribution in [2.24, 2.45) is 0 Å². The molecule has 6 heteroatoms. The van der Waals surface area contributed by atoms with Crippen LogP contribution in [0.15, 0.2) is 48.5 Å². The minimum atomic E-state index is -0.766. The SMILES string of the molecule is O=C(O)C1CCCCN1C(c1ccc2ccccc2n1)c1ccc(Cl)s1. The molecule has 0 aliphatic carbocycles. The highest BCUT2D eigenvalue weighted by atomic mass is 35.5. The van der Waals surface area contributed by atoms with Crippen LogP contribution in [0.4, 0.5) is 0 Å². The van der Waals surface area contributed by atoms with Gasteiger partial charge in [-0.05, 0) is 37.1 Å². The number of fused-ring (bicyclic) bond motifs is 1. The molecule has 1 aromatic carbocycles. The van der Waals surface area contributed by atoms with Crippen molar-refractivity contribution < 1.29 is 9.90 Å². The van der Waals surface area contributed by atoms with E-state index < -0.39 is 12.0 Å². The minimum Gasteiger partial charge on any atom is -0.480 e. The molecule has 1 aliphatic rings. The number of aliphatic carboxylic acids is 1. The van der Waals surface area contributed by atoms with E-state index in [1.807, 2.05) is 42.5 Å². The summed E-state index contributed by atoms with van der Waals surface area (Å²) in [7, 11) is 0. The van der Waals surface area contributed by atoms with Gasteiger partial charge in [-0.2, -0.15) is 0 Å². The second-order valence-corrected chi connectivity index (χ2v) is 8.31. The van der Waals surface area contributed by atoms with Crippen molar-refractivity contribution in [3.8, 4) is 0 Å². The van der Waals surface area contributed by atoms with Crippen molar-refractivity contribution in [2.75, 3.05) is 6.54 Å². The Labute approximate surface area is 161 Å². The molecule has 0 amide bonds. The third kappa shape index (κ3) is 3.34. The monoisotopic (exact) mass is 386 g/mol. The highest BCUT2D eigenvalue weighted by Gasteiger charge is 2.36. The molecule has 0 spiro atoms. The molecule has 3 heterocycles. The normalized spacial score (nSPS) is 19.5. The van der Waals surface area contributed by atoms with Crippen LogP contribution >= 0.6 is 22.9 Å². The molecule has 4 nitrogen and oxygen atoms in total. The molecule has 1 aliphatic heterocycles. The van der Waals surface area contributed by atoms with Gasteiger partial charge in [0.15, 0.2) is 0 Å². The molecule has 1 fully saturated rings. The van der Waals surface area contributed by atoms with Gasteiger partial charge in [0.1, 0.15) is 6.04 Å². The number of benzene rings is 1. The molecule has 2 aromatic heterocycles. The summed E-state index contributed by atoms with van der Waals surface area (Å²) in [6.07, 6.45) is 2.60. The fourth-order valence-corrected chi connectivity index (χ4v) is 4.91. The topological polar surface area (TPSA) is 53.4 Å². The largest absolute Gasteiger partial charge is 0.480 e. The van der Waals surface area contributed by atoms with Gasteiger partial charge in [-0.1, -0.05) is 42.3 Å². The van der Waals surface area contributed by atoms with Crippen LogP contribution in [0.5, 0.6) is 0 Å². The van der Waals surface area contributed by atoms with Gasteiger partial charge in [0.05, 0.1) is 21.6 Å². The van der Waals surface area contributed by atoms with E-state index in [9.17, 15) is 9.90 Å². The molecular weight excluding hydrogens is 368 g/mol. The van der Waals surface area contributed by atoms with E-state index in [1.165, 1.54) is 11.3 Å². The third-order valence-corrected chi connectivity index (χ3v) is 6.21. The van der Waals surface area contributed by atoms with Crippen LogP contribution in [-0.4, -0.2) is 33.5 Å². The summed E-state index contributed by atoms with van der Waals surface area (Å²) in [5.41, 5.74) is 1.79. The van der Waals surface area contributed by atoms with Gasteiger partial charge in [-0.3, -0.25) is 14.7 Å². The van der Waals surface area contributed by atoms with Crippen LogP contribution in [0, 0.1) is 0 Å². The Morgan fingerprint density at radius 3 is 2.81 bits per heavy atom. The van der Waals surface area contributed by atoms with E-state index in [0.717, 1.165) is 40.9 Å². The Morgan fingerprint density at radius 2 is 2.04 bits per heavy atom. The van der Waals surface area contributed by atoms with Gasteiger partial charge in [0, 0.05) is 16.8 Å². The molecule has 3 aromatic rings. The first-order valence-corrected chi connectivity index (χ1v) is 9.92. The van der Waals surface area contributed by atoms with Gasteiger partial charge >= 0.3 is 5.97 Å². The molecule has 0 radical (unpaired) electrons. The number of pyridine rings is 1. The highest BCUT2D eigenvalue weighted by Crippen LogP contribution is 2.38. The number of carboxylic acids is 1. The van der Waals surface area contributed by atoms with Gasteiger partial charge < -0.3 is 5.11 Å². The van der Waals surface area contributed by atoms with E-state index in [0.29, 0.717) is 10.8 Å². The van der Waals surface area contributed by atoms with Gasteiger partial charge in [0.25, 0.3) is 0 Å². The molecule has 26 heavy (non-hydrogen) atoms. The lowest BCUT2D eigenvalue weighted by molar-refractivity contribution is -0.145. The van der Waals surface area contributed by atoms with Crippen LogP contribution in [0.2, 0.25) is 4.34 Å². The number of thiophene rings is 1. The number of halogens is 1. The smallest absolute Gasteiger partial charge is 0.320 e. The zero-order valence-corrected chi connectivity index (χ0v) is 15.7. The zero-order chi connectivity index (χ0) is 18.1. The Morgan fingerprint density at radius 1 is 1.19 bits per heavy atom. The minimum absolute atomic E-state index is 0.196. The second-order valence-electron chi connectivity index (χ2n) is 6.56. The third-order valence-electron chi connectivity index (χ3n) is 4.92. The number of likely N-dealkylation sites (tertiary alicyclic amines) is 1. The number of aromatic nitrogens is 1. The lowest BCUT2D eigenvalue weighted by Crippen LogP contribution is -2.46. The van der Waals surface area contributed by atoms with Crippen LogP contribution in [0.3, 0.4) is 0 Å². The molecule has 2 atom stereocenters.